The number of H-pyrrole nitrogens is 1. The van der Waals surface area contributed by atoms with Gasteiger partial charge in [0.05, 0.1) is 5.69 Å². The number of aryl methyl sites for hydroxylation is 1. The first-order chi connectivity index (χ1) is 10.7. The molecule has 3 rings (SSSR count). The van der Waals surface area contributed by atoms with Crippen LogP contribution < -0.4 is 5.32 Å². The van der Waals surface area contributed by atoms with Crippen molar-refractivity contribution < 1.29 is 4.79 Å². The second-order valence-corrected chi connectivity index (χ2v) is 5.35. The third kappa shape index (κ3) is 3.17. The predicted molar refractivity (Wildman–Crippen MR) is 88.5 cm³/mol. The zero-order valence-electron chi connectivity index (χ0n) is 12.6. The number of hydrogen-bond donors (Lipinski definition) is 2. The topological polar surface area (TPSA) is 57.8 Å². The Bertz CT molecular complexity index is 792. The first kappa shape index (κ1) is 14.3. The van der Waals surface area contributed by atoms with Crippen LogP contribution in [0.25, 0.3) is 22.2 Å². The highest BCUT2D eigenvalue weighted by atomic mass is 16.1. The number of benzene rings is 1. The molecule has 2 aromatic heterocycles. The van der Waals surface area contributed by atoms with Gasteiger partial charge in [-0.2, -0.15) is 0 Å². The first-order valence-electron chi connectivity index (χ1n) is 7.51. The number of carbonyl (C=O) groups excluding carboxylic acids is 1. The van der Waals surface area contributed by atoms with Crippen LogP contribution in [0.15, 0.2) is 48.7 Å². The molecule has 0 saturated heterocycles. The van der Waals surface area contributed by atoms with Gasteiger partial charge in [-0.15, -0.1) is 0 Å². The monoisotopic (exact) mass is 293 g/mol. The van der Waals surface area contributed by atoms with Crippen LogP contribution in [-0.2, 0) is 11.2 Å². The zero-order valence-corrected chi connectivity index (χ0v) is 12.6. The van der Waals surface area contributed by atoms with Gasteiger partial charge in [-0.1, -0.05) is 24.3 Å². The molecule has 0 saturated carbocycles. The molecule has 0 atom stereocenters. The summed E-state index contributed by atoms with van der Waals surface area (Å²) in [4.78, 5) is 18.9. The molecule has 0 aliphatic heterocycles. The van der Waals surface area contributed by atoms with Crippen molar-refractivity contribution in [3.05, 3.63) is 54.4 Å². The molecule has 4 heteroatoms. The molecule has 3 aromatic rings. The van der Waals surface area contributed by atoms with Gasteiger partial charge in [0.1, 0.15) is 0 Å². The normalized spacial score (nSPS) is 10.8. The van der Waals surface area contributed by atoms with Gasteiger partial charge in [0.25, 0.3) is 0 Å². The highest BCUT2D eigenvalue weighted by Crippen LogP contribution is 2.27. The standard InChI is InChI=1S/C18H19N3O/c1-13(22)19-11-5-7-14-6-4-10-18(21-14)16-12-20-17-9-3-2-8-15(16)17/h2-4,6,8-10,12,20H,5,7,11H2,1H3,(H,19,22). The van der Waals surface area contributed by atoms with Gasteiger partial charge in [0.2, 0.25) is 5.91 Å². The van der Waals surface area contributed by atoms with Crippen LogP contribution in [0, 0.1) is 0 Å². The SMILES string of the molecule is CC(=O)NCCCc1cccc(-c2c[nH]c3ccccc23)n1. The molecule has 0 aliphatic rings. The number of aromatic amines is 1. The van der Waals surface area contributed by atoms with Crippen LogP contribution in [0.3, 0.4) is 0 Å². The molecule has 2 N–H and O–H groups in total. The highest BCUT2D eigenvalue weighted by Gasteiger charge is 2.07. The third-order valence-corrected chi connectivity index (χ3v) is 3.66. The summed E-state index contributed by atoms with van der Waals surface area (Å²) in [5.41, 5.74) is 4.28. The van der Waals surface area contributed by atoms with Crippen molar-refractivity contribution in [3.8, 4) is 11.3 Å². The van der Waals surface area contributed by atoms with E-state index in [9.17, 15) is 4.79 Å². The van der Waals surface area contributed by atoms with Gasteiger partial charge < -0.3 is 10.3 Å². The molecule has 0 aliphatic carbocycles. The lowest BCUT2D eigenvalue weighted by molar-refractivity contribution is -0.118. The molecule has 0 spiro atoms. The molecule has 1 aromatic carbocycles. The summed E-state index contributed by atoms with van der Waals surface area (Å²) >= 11 is 0. The number of nitrogens with zero attached hydrogens (tertiary/aromatic N) is 1. The van der Waals surface area contributed by atoms with Crippen LogP contribution in [0.5, 0.6) is 0 Å². The van der Waals surface area contributed by atoms with E-state index in [1.54, 1.807) is 0 Å². The van der Waals surface area contributed by atoms with Gasteiger partial charge in [-0.3, -0.25) is 9.78 Å². The number of amides is 1. The van der Waals surface area contributed by atoms with Gasteiger partial charge in [0.15, 0.2) is 0 Å². The molecule has 1 amide bonds. The Labute approximate surface area is 129 Å². The van der Waals surface area contributed by atoms with Crippen LogP contribution in [-0.4, -0.2) is 22.4 Å². The average molecular weight is 293 g/mol. The molecule has 4 nitrogen and oxygen atoms in total. The summed E-state index contributed by atoms with van der Waals surface area (Å²) in [7, 11) is 0. The van der Waals surface area contributed by atoms with Gasteiger partial charge in [0, 0.05) is 41.8 Å². The van der Waals surface area contributed by atoms with E-state index in [0.717, 1.165) is 35.3 Å². The summed E-state index contributed by atoms with van der Waals surface area (Å²) in [5.74, 6) is 0.0144. The van der Waals surface area contributed by atoms with Crippen molar-refractivity contribution in [2.75, 3.05) is 6.54 Å². The Balaban J connectivity index is 1.77. The molecule has 2 heterocycles. The lowest BCUT2D eigenvalue weighted by atomic mass is 10.1. The highest BCUT2D eigenvalue weighted by molar-refractivity contribution is 5.94. The molecule has 112 valence electrons. The lowest BCUT2D eigenvalue weighted by Crippen LogP contribution is -2.21. The lowest BCUT2D eigenvalue weighted by Gasteiger charge is -2.05. The van der Waals surface area contributed by atoms with Crippen LogP contribution >= 0.6 is 0 Å². The minimum atomic E-state index is 0.0144. The fourth-order valence-electron chi connectivity index (χ4n) is 2.59. The van der Waals surface area contributed by atoms with E-state index in [1.807, 2.05) is 36.5 Å². The number of hydrogen-bond acceptors (Lipinski definition) is 2. The summed E-state index contributed by atoms with van der Waals surface area (Å²) in [6, 6.07) is 14.3. The van der Waals surface area contributed by atoms with E-state index >= 15 is 0 Å². The summed E-state index contributed by atoms with van der Waals surface area (Å²) in [5, 5.41) is 4.00. The molecule has 22 heavy (non-hydrogen) atoms. The number of carbonyl (C=O) groups is 1. The Morgan fingerprint density at radius 2 is 2.05 bits per heavy atom. The van der Waals surface area contributed by atoms with E-state index in [0.29, 0.717) is 6.54 Å². The molecule has 0 unspecified atom stereocenters. The second kappa shape index (κ2) is 6.43. The Kier molecular flexibility index (Phi) is 4.19. The van der Waals surface area contributed by atoms with E-state index in [4.69, 9.17) is 4.98 Å². The molecule has 0 radical (unpaired) electrons. The fourth-order valence-corrected chi connectivity index (χ4v) is 2.59. The largest absolute Gasteiger partial charge is 0.360 e. The number of rotatable bonds is 5. The summed E-state index contributed by atoms with van der Waals surface area (Å²) in [6.45, 7) is 2.23. The number of para-hydroxylation sites is 1. The van der Waals surface area contributed by atoms with Crippen LogP contribution in [0.1, 0.15) is 19.0 Å². The minimum Gasteiger partial charge on any atom is -0.360 e. The van der Waals surface area contributed by atoms with E-state index in [2.05, 4.69) is 22.4 Å². The number of aromatic nitrogens is 2. The van der Waals surface area contributed by atoms with Crippen molar-refractivity contribution in [2.24, 2.45) is 0 Å². The maximum absolute atomic E-state index is 10.9. The maximum atomic E-state index is 10.9. The Morgan fingerprint density at radius 3 is 2.91 bits per heavy atom. The van der Waals surface area contributed by atoms with Gasteiger partial charge >= 0.3 is 0 Å². The second-order valence-electron chi connectivity index (χ2n) is 5.35. The van der Waals surface area contributed by atoms with E-state index in [1.165, 1.54) is 12.3 Å². The number of fused-ring (bicyclic) bond motifs is 1. The van der Waals surface area contributed by atoms with Gasteiger partial charge in [-0.05, 0) is 31.0 Å². The van der Waals surface area contributed by atoms with Gasteiger partial charge in [-0.25, -0.2) is 0 Å². The summed E-state index contributed by atoms with van der Waals surface area (Å²) in [6.07, 6.45) is 3.76. The average Bonchev–Trinajstić information content (AvgIpc) is 2.96. The molecular weight excluding hydrogens is 274 g/mol. The van der Waals surface area contributed by atoms with Crippen molar-refractivity contribution in [1.29, 1.82) is 0 Å². The Hall–Kier alpha value is -2.62. The van der Waals surface area contributed by atoms with Crippen molar-refractivity contribution >= 4 is 16.8 Å². The zero-order chi connectivity index (χ0) is 15.4. The summed E-state index contributed by atoms with van der Waals surface area (Å²) < 4.78 is 0. The first-order valence-corrected chi connectivity index (χ1v) is 7.51. The van der Waals surface area contributed by atoms with Crippen molar-refractivity contribution in [3.63, 3.8) is 0 Å². The van der Waals surface area contributed by atoms with Crippen molar-refractivity contribution in [1.82, 2.24) is 15.3 Å². The third-order valence-electron chi connectivity index (χ3n) is 3.66. The minimum absolute atomic E-state index is 0.0144. The van der Waals surface area contributed by atoms with Crippen LogP contribution in [0.2, 0.25) is 0 Å². The van der Waals surface area contributed by atoms with Crippen molar-refractivity contribution in [2.45, 2.75) is 19.8 Å². The Morgan fingerprint density at radius 1 is 1.18 bits per heavy atom. The van der Waals surface area contributed by atoms with E-state index in [-0.39, 0.29) is 5.91 Å². The molecule has 0 fully saturated rings. The quantitative estimate of drug-likeness (QED) is 0.709. The predicted octanol–water partition coefficient (Wildman–Crippen LogP) is 3.30. The number of nitrogens with one attached hydrogen (secondary N) is 2. The maximum Gasteiger partial charge on any atom is 0.216 e. The van der Waals surface area contributed by atoms with Crippen LogP contribution in [0.4, 0.5) is 0 Å². The smallest absolute Gasteiger partial charge is 0.216 e. The number of pyridine rings is 1. The molecule has 0 bridgehead atoms. The molecular formula is C18H19N3O. The fraction of sp³-hybridized carbons (Fsp3) is 0.222. The van der Waals surface area contributed by atoms with E-state index < -0.39 is 0 Å².